The van der Waals surface area contributed by atoms with E-state index in [4.69, 9.17) is 0 Å². The summed E-state index contributed by atoms with van der Waals surface area (Å²) in [6.45, 7) is 6.23. The first-order chi connectivity index (χ1) is 6.10. The van der Waals surface area contributed by atoms with E-state index in [9.17, 15) is 8.42 Å². The molecular formula is C9H15NO2S. The molecule has 0 aromatic rings. The highest BCUT2D eigenvalue weighted by molar-refractivity contribution is 7.95. The fourth-order valence-electron chi connectivity index (χ4n) is 2.40. The van der Waals surface area contributed by atoms with Crippen LogP contribution in [0.4, 0.5) is 0 Å². The maximum Gasteiger partial charge on any atom is 0.176 e. The third-order valence-electron chi connectivity index (χ3n) is 3.47. The molecule has 3 aliphatic rings. The number of nitrogens with zero attached hydrogens (tertiary/aromatic N) is 1. The summed E-state index contributed by atoms with van der Waals surface area (Å²) in [4.78, 5) is 2.33. The van der Waals surface area contributed by atoms with Crippen LogP contribution in [0.1, 0.15) is 19.3 Å². The molecular weight excluding hydrogens is 186 g/mol. The van der Waals surface area contributed by atoms with Crippen molar-refractivity contribution >= 4 is 9.84 Å². The molecule has 0 saturated carbocycles. The summed E-state index contributed by atoms with van der Waals surface area (Å²) < 4.78 is 23.1. The molecule has 0 aliphatic carbocycles. The van der Waals surface area contributed by atoms with Crippen LogP contribution in [0, 0.1) is 0 Å². The van der Waals surface area contributed by atoms with Crippen molar-refractivity contribution in [1.29, 1.82) is 0 Å². The van der Waals surface area contributed by atoms with Crippen molar-refractivity contribution in [3.05, 3.63) is 12.0 Å². The lowest BCUT2D eigenvalue weighted by atomic mass is 9.87. The van der Waals surface area contributed by atoms with E-state index in [1.54, 1.807) is 0 Å². The van der Waals surface area contributed by atoms with Gasteiger partial charge in [0.15, 0.2) is 9.84 Å². The predicted octanol–water partition coefficient (Wildman–Crippen LogP) is 0.783. The van der Waals surface area contributed by atoms with Crippen LogP contribution >= 0.6 is 0 Å². The SMILES string of the molecule is C=CS(=O)(=O)C12CCN(CC1)CC2. The fourth-order valence-corrected chi connectivity index (χ4v) is 3.88. The predicted molar refractivity (Wildman–Crippen MR) is 52.1 cm³/mol. The molecule has 4 heteroatoms. The van der Waals surface area contributed by atoms with Crippen molar-refractivity contribution < 1.29 is 8.42 Å². The third kappa shape index (κ3) is 1.23. The number of sulfone groups is 1. The first-order valence-corrected chi connectivity index (χ1v) is 6.24. The van der Waals surface area contributed by atoms with Crippen LogP contribution < -0.4 is 0 Å². The maximum atomic E-state index is 11.8. The van der Waals surface area contributed by atoms with Gasteiger partial charge in [-0.3, -0.25) is 0 Å². The van der Waals surface area contributed by atoms with Gasteiger partial charge in [-0.05, 0) is 38.9 Å². The normalized spacial score (nSPS) is 38.9. The molecule has 2 bridgehead atoms. The Labute approximate surface area is 79.3 Å². The van der Waals surface area contributed by atoms with Gasteiger partial charge in [-0.1, -0.05) is 6.58 Å². The molecule has 3 fully saturated rings. The quantitative estimate of drug-likeness (QED) is 0.662. The number of rotatable bonds is 2. The summed E-state index contributed by atoms with van der Waals surface area (Å²) in [5.74, 6) is 0. The van der Waals surface area contributed by atoms with E-state index in [0.29, 0.717) is 0 Å². The second kappa shape index (κ2) is 2.82. The van der Waals surface area contributed by atoms with Gasteiger partial charge in [0.05, 0.1) is 4.75 Å². The lowest BCUT2D eigenvalue weighted by Gasteiger charge is -2.46. The zero-order valence-electron chi connectivity index (χ0n) is 7.70. The van der Waals surface area contributed by atoms with Crippen LogP contribution in [0.5, 0.6) is 0 Å². The van der Waals surface area contributed by atoms with Crippen molar-refractivity contribution in [1.82, 2.24) is 4.90 Å². The second-order valence-electron chi connectivity index (χ2n) is 3.99. The van der Waals surface area contributed by atoms with Gasteiger partial charge in [0.1, 0.15) is 0 Å². The zero-order chi connectivity index (χ0) is 9.53. The van der Waals surface area contributed by atoms with E-state index >= 15 is 0 Å². The molecule has 0 amide bonds. The molecule has 3 saturated heterocycles. The molecule has 0 N–H and O–H groups in total. The van der Waals surface area contributed by atoms with E-state index in [-0.39, 0.29) is 0 Å². The molecule has 0 aromatic carbocycles. The minimum absolute atomic E-state index is 0.455. The van der Waals surface area contributed by atoms with E-state index in [0.717, 1.165) is 44.3 Å². The largest absolute Gasteiger partial charge is 0.303 e. The Bertz CT molecular complexity index is 299. The van der Waals surface area contributed by atoms with Crippen molar-refractivity contribution in [2.24, 2.45) is 0 Å². The summed E-state index contributed by atoms with van der Waals surface area (Å²) in [6.07, 6.45) is 2.38. The summed E-state index contributed by atoms with van der Waals surface area (Å²) >= 11 is 0. The Hall–Kier alpha value is -0.350. The summed E-state index contributed by atoms with van der Waals surface area (Å²) in [5, 5.41) is 1.15. The molecule has 3 nitrogen and oxygen atoms in total. The van der Waals surface area contributed by atoms with Gasteiger partial charge in [-0.15, -0.1) is 0 Å². The molecule has 3 aliphatic heterocycles. The van der Waals surface area contributed by atoms with E-state index in [2.05, 4.69) is 11.5 Å². The van der Waals surface area contributed by atoms with Crippen molar-refractivity contribution in [3.8, 4) is 0 Å². The lowest BCUT2D eigenvalue weighted by molar-refractivity contribution is 0.126. The zero-order valence-corrected chi connectivity index (χ0v) is 8.52. The van der Waals surface area contributed by atoms with Gasteiger partial charge in [-0.2, -0.15) is 0 Å². The molecule has 0 unspecified atom stereocenters. The molecule has 0 aromatic heterocycles. The topological polar surface area (TPSA) is 37.4 Å². The average Bonchev–Trinajstić information content (AvgIpc) is 2.20. The standard InChI is InChI=1S/C9H15NO2S/c1-2-13(11,12)9-3-6-10(7-4-9)8-5-9/h2H,1,3-8H2. The van der Waals surface area contributed by atoms with Crippen LogP contribution in [0.25, 0.3) is 0 Å². The highest BCUT2D eigenvalue weighted by Crippen LogP contribution is 2.39. The van der Waals surface area contributed by atoms with Gasteiger partial charge in [0.25, 0.3) is 0 Å². The van der Waals surface area contributed by atoms with Gasteiger partial charge in [0.2, 0.25) is 0 Å². The highest BCUT2D eigenvalue weighted by atomic mass is 32.2. The Morgan fingerprint density at radius 3 is 2.00 bits per heavy atom. The monoisotopic (exact) mass is 201 g/mol. The van der Waals surface area contributed by atoms with Crippen LogP contribution in [0.3, 0.4) is 0 Å². The van der Waals surface area contributed by atoms with Crippen molar-refractivity contribution in [2.45, 2.75) is 24.0 Å². The lowest BCUT2D eigenvalue weighted by Crippen LogP contribution is -2.55. The number of piperidine rings is 3. The number of hydrogen-bond acceptors (Lipinski definition) is 3. The van der Waals surface area contributed by atoms with Crippen molar-refractivity contribution in [2.75, 3.05) is 19.6 Å². The first-order valence-electron chi connectivity index (χ1n) is 4.69. The number of hydrogen-bond donors (Lipinski definition) is 0. The van der Waals surface area contributed by atoms with E-state index in [1.807, 2.05) is 0 Å². The Morgan fingerprint density at radius 2 is 1.62 bits per heavy atom. The molecule has 74 valence electrons. The minimum atomic E-state index is -3.06. The number of fused-ring (bicyclic) bond motifs is 3. The molecule has 0 atom stereocenters. The summed E-state index contributed by atoms with van der Waals surface area (Å²) in [5.41, 5.74) is 0. The molecule has 0 spiro atoms. The summed E-state index contributed by atoms with van der Waals surface area (Å²) in [6, 6.07) is 0. The Balaban J connectivity index is 2.34. The molecule has 3 heterocycles. The van der Waals surface area contributed by atoms with E-state index < -0.39 is 14.6 Å². The highest BCUT2D eigenvalue weighted by Gasteiger charge is 2.47. The minimum Gasteiger partial charge on any atom is -0.303 e. The second-order valence-corrected chi connectivity index (χ2v) is 6.28. The van der Waals surface area contributed by atoms with Crippen molar-refractivity contribution in [3.63, 3.8) is 0 Å². The fraction of sp³-hybridized carbons (Fsp3) is 0.778. The van der Waals surface area contributed by atoms with Crippen LogP contribution in [-0.2, 0) is 9.84 Å². The van der Waals surface area contributed by atoms with Gasteiger partial charge in [-0.25, -0.2) is 8.42 Å². The molecule has 13 heavy (non-hydrogen) atoms. The first kappa shape index (κ1) is 9.21. The Morgan fingerprint density at radius 1 is 1.15 bits per heavy atom. The van der Waals surface area contributed by atoms with Crippen LogP contribution in [0.2, 0.25) is 0 Å². The average molecular weight is 201 g/mol. The smallest absolute Gasteiger partial charge is 0.176 e. The van der Waals surface area contributed by atoms with Gasteiger partial charge < -0.3 is 4.90 Å². The molecule has 0 radical (unpaired) electrons. The molecule has 3 rings (SSSR count). The van der Waals surface area contributed by atoms with Crippen LogP contribution in [-0.4, -0.2) is 37.7 Å². The van der Waals surface area contributed by atoms with E-state index in [1.165, 1.54) is 0 Å². The third-order valence-corrected chi connectivity index (χ3v) is 5.73. The van der Waals surface area contributed by atoms with Gasteiger partial charge in [0, 0.05) is 5.41 Å². The van der Waals surface area contributed by atoms with Gasteiger partial charge >= 0.3 is 0 Å². The summed E-state index contributed by atoms with van der Waals surface area (Å²) in [7, 11) is -3.06. The Kier molecular flexibility index (Phi) is 2.00. The van der Waals surface area contributed by atoms with Crippen LogP contribution in [0.15, 0.2) is 12.0 Å². The maximum absolute atomic E-state index is 11.8.